The number of hydrogen-bond acceptors (Lipinski definition) is 6. The van der Waals surface area contributed by atoms with Crippen molar-refractivity contribution in [2.75, 3.05) is 15.8 Å². The van der Waals surface area contributed by atoms with E-state index in [1.807, 2.05) is 13.8 Å². The molecule has 0 aliphatic heterocycles. The maximum Gasteiger partial charge on any atom is 0.232 e. The van der Waals surface area contributed by atoms with E-state index >= 15 is 0 Å². The van der Waals surface area contributed by atoms with E-state index in [4.69, 9.17) is 0 Å². The number of fused-ring (bicyclic) bond motifs is 1. The largest absolute Gasteiger partial charge is 0.367 e. The zero-order valence-corrected chi connectivity index (χ0v) is 17.1. The third-order valence-corrected chi connectivity index (χ3v) is 5.60. The summed E-state index contributed by atoms with van der Waals surface area (Å²) in [6.45, 7) is 5.55. The molecule has 0 saturated carbocycles. The molecule has 3 N–H and O–H groups in total. The smallest absolute Gasteiger partial charge is 0.232 e. The SMILES string of the molecule is CCCS(=O)(=O)Nc1cccc(C(=O)c2c[nH]c3ncnc(NC(C)C)c23)c1F. The molecule has 0 bridgehead atoms. The normalized spacial score (nSPS) is 11.8. The summed E-state index contributed by atoms with van der Waals surface area (Å²) < 4.78 is 41.2. The molecule has 0 spiro atoms. The number of halogens is 1. The second-order valence-electron chi connectivity index (χ2n) is 6.86. The second-order valence-corrected chi connectivity index (χ2v) is 8.71. The number of aromatic amines is 1. The maximum atomic E-state index is 15.0. The van der Waals surface area contributed by atoms with Gasteiger partial charge in [0.05, 0.1) is 28.0 Å². The molecular formula is C19H22FN5O3S. The Kier molecular flexibility index (Phi) is 5.83. The van der Waals surface area contributed by atoms with Crippen LogP contribution in [0.25, 0.3) is 11.0 Å². The van der Waals surface area contributed by atoms with Crippen LogP contribution in [0.1, 0.15) is 43.1 Å². The second kappa shape index (κ2) is 8.16. The first-order valence-corrected chi connectivity index (χ1v) is 10.8. The molecule has 2 heterocycles. The molecule has 0 aliphatic carbocycles. The number of carbonyl (C=O) groups is 1. The Morgan fingerprint density at radius 3 is 2.69 bits per heavy atom. The Balaban J connectivity index is 2.05. The highest BCUT2D eigenvalue weighted by atomic mass is 32.2. The van der Waals surface area contributed by atoms with Crippen LogP contribution in [0, 0.1) is 5.82 Å². The van der Waals surface area contributed by atoms with Crippen LogP contribution in [0.3, 0.4) is 0 Å². The lowest BCUT2D eigenvalue weighted by molar-refractivity contribution is 0.103. The number of hydrogen-bond donors (Lipinski definition) is 3. The Morgan fingerprint density at radius 2 is 2.00 bits per heavy atom. The summed E-state index contributed by atoms with van der Waals surface area (Å²) in [7, 11) is -3.70. The van der Waals surface area contributed by atoms with Crippen LogP contribution in [0.2, 0.25) is 0 Å². The van der Waals surface area contributed by atoms with Crippen LogP contribution in [0.5, 0.6) is 0 Å². The predicted octanol–water partition coefficient (Wildman–Crippen LogP) is 3.30. The molecule has 154 valence electrons. The molecule has 0 aliphatic rings. The van der Waals surface area contributed by atoms with E-state index in [9.17, 15) is 17.6 Å². The van der Waals surface area contributed by atoms with Gasteiger partial charge in [-0.05, 0) is 32.4 Å². The highest BCUT2D eigenvalue weighted by Crippen LogP contribution is 2.28. The molecule has 3 rings (SSSR count). The molecule has 2 aromatic heterocycles. The van der Waals surface area contributed by atoms with E-state index in [0.29, 0.717) is 23.3 Å². The highest BCUT2D eigenvalue weighted by molar-refractivity contribution is 7.92. The Morgan fingerprint density at radius 1 is 1.24 bits per heavy atom. The number of nitrogens with zero attached hydrogens (tertiary/aromatic N) is 2. The van der Waals surface area contributed by atoms with Crippen LogP contribution in [-0.2, 0) is 10.0 Å². The lowest BCUT2D eigenvalue weighted by Gasteiger charge is -2.12. The van der Waals surface area contributed by atoms with Crippen LogP contribution in [0.4, 0.5) is 15.9 Å². The van der Waals surface area contributed by atoms with E-state index in [0.717, 1.165) is 0 Å². The van der Waals surface area contributed by atoms with Gasteiger partial charge in [0.2, 0.25) is 10.0 Å². The molecule has 1 aromatic carbocycles. The van der Waals surface area contributed by atoms with Crippen LogP contribution < -0.4 is 10.0 Å². The summed E-state index contributed by atoms with van der Waals surface area (Å²) in [6, 6.07) is 4.08. The monoisotopic (exact) mass is 419 g/mol. The summed E-state index contributed by atoms with van der Waals surface area (Å²) >= 11 is 0. The van der Waals surface area contributed by atoms with E-state index in [1.165, 1.54) is 30.7 Å². The van der Waals surface area contributed by atoms with Gasteiger partial charge in [-0.25, -0.2) is 22.8 Å². The Bertz CT molecular complexity index is 1160. The van der Waals surface area contributed by atoms with Crippen molar-refractivity contribution in [2.24, 2.45) is 0 Å². The van der Waals surface area contributed by atoms with Gasteiger partial charge in [-0.1, -0.05) is 13.0 Å². The van der Waals surface area contributed by atoms with E-state index in [2.05, 4.69) is 25.0 Å². The first-order valence-electron chi connectivity index (χ1n) is 9.15. The third kappa shape index (κ3) is 4.37. The zero-order valence-electron chi connectivity index (χ0n) is 16.3. The molecule has 0 unspecified atom stereocenters. The summed E-state index contributed by atoms with van der Waals surface area (Å²) in [6.07, 6.45) is 3.19. The lowest BCUT2D eigenvalue weighted by Crippen LogP contribution is -2.18. The van der Waals surface area contributed by atoms with Crippen molar-refractivity contribution in [1.29, 1.82) is 0 Å². The number of ketones is 1. The first kappa shape index (κ1) is 20.7. The minimum Gasteiger partial charge on any atom is -0.367 e. The van der Waals surface area contributed by atoms with Crippen molar-refractivity contribution < 1.29 is 17.6 Å². The molecule has 0 radical (unpaired) electrons. The first-order chi connectivity index (χ1) is 13.7. The van der Waals surface area contributed by atoms with Gasteiger partial charge in [-0.15, -0.1) is 0 Å². The number of benzene rings is 1. The number of H-pyrrole nitrogens is 1. The maximum absolute atomic E-state index is 15.0. The number of sulfonamides is 1. The van der Waals surface area contributed by atoms with Gasteiger partial charge in [0.15, 0.2) is 11.6 Å². The van der Waals surface area contributed by atoms with Gasteiger partial charge in [-0.2, -0.15) is 0 Å². The van der Waals surface area contributed by atoms with E-state index in [-0.39, 0.29) is 28.6 Å². The van der Waals surface area contributed by atoms with Gasteiger partial charge in [0, 0.05) is 12.2 Å². The Labute approximate surface area is 168 Å². The Hall–Kier alpha value is -3.01. The minimum absolute atomic E-state index is 0.0546. The molecular weight excluding hydrogens is 397 g/mol. The highest BCUT2D eigenvalue weighted by Gasteiger charge is 2.23. The number of rotatable bonds is 8. The minimum atomic E-state index is -3.70. The molecule has 8 nitrogen and oxygen atoms in total. The molecule has 0 saturated heterocycles. The molecule has 0 atom stereocenters. The van der Waals surface area contributed by atoms with E-state index < -0.39 is 21.6 Å². The summed E-state index contributed by atoms with van der Waals surface area (Å²) in [5.74, 6) is -1.22. The van der Waals surface area contributed by atoms with Crippen LogP contribution in [0.15, 0.2) is 30.7 Å². The van der Waals surface area contributed by atoms with Crippen LogP contribution in [-0.4, -0.2) is 40.9 Å². The van der Waals surface area contributed by atoms with E-state index in [1.54, 1.807) is 6.92 Å². The average Bonchev–Trinajstić information content (AvgIpc) is 3.07. The van der Waals surface area contributed by atoms with Gasteiger partial charge < -0.3 is 10.3 Å². The molecule has 3 aromatic rings. The van der Waals surface area contributed by atoms with Crippen molar-refractivity contribution in [2.45, 2.75) is 33.2 Å². The summed E-state index contributed by atoms with van der Waals surface area (Å²) in [5, 5.41) is 3.59. The average molecular weight is 419 g/mol. The summed E-state index contributed by atoms with van der Waals surface area (Å²) in [5.41, 5.74) is 0.116. The molecule has 29 heavy (non-hydrogen) atoms. The van der Waals surface area contributed by atoms with Crippen molar-refractivity contribution in [3.63, 3.8) is 0 Å². The fraction of sp³-hybridized carbons (Fsp3) is 0.316. The summed E-state index contributed by atoms with van der Waals surface area (Å²) in [4.78, 5) is 24.3. The van der Waals surface area contributed by atoms with Gasteiger partial charge in [0.1, 0.15) is 17.8 Å². The van der Waals surface area contributed by atoms with Gasteiger partial charge in [-0.3, -0.25) is 9.52 Å². The molecule has 0 fully saturated rings. The third-order valence-electron chi connectivity index (χ3n) is 4.12. The molecule has 10 heteroatoms. The van der Waals surface area contributed by atoms with Gasteiger partial charge in [0.25, 0.3) is 0 Å². The number of aromatic nitrogens is 3. The van der Waals surface area contributed by atoms with Crippen LogP contribution >= 0.6 is 0 Å². The number of anilines is 2. The van der Waals surface area contributed by atoms with Crippen molar-refractivity contribution in [1.82, 2.24) is 15.0 Å². The fourth-order valence-electron chi connectivity index (χ4n) is 2.94. The zero-order chi connectivity index (χ0) is 21.2. The number of carbonyl (C=O) groups excluding carboxylic acids is 1. The fourth-order valence-corrected chi connectivity index (χ4v) is 4.08. The van der Waals surface area contributed by atoms with Crippen molar-refractivity contribution in [3.8, 4) is 0 Å². The van der Waals surface area contributed by atoms with Gasteiger partial charge >= 0.3 is 0 Å². The lowest BCUT2D eigenvalue weighted by atomic mass is 10.0. The van der Waals surface area contributed by atoms with Crippen molar-refractivity contribution in [3.05, 3.63) is 47.7 Å². The quantitative estimate of drug-likeness (QED) is 0.482. The number of nitrogens with one attached hydrogen (secondary N) is 3. The topological polar surface area (TPSA) is 117 Å². The predicted molar refractivity (Wildman–Crippen MR) is 110 cm³/mol. The standard InChI is InChI=1S/C19H22FN5O3S/c1-4-8-29(27,28)25-14-7-5-6-12(16(14)20)17(26)13-9-21-18-15(13)19(23-10-22-18)24-11(2)3/h5-7,9-11,25H,4,8H2,1-3H3,(H2,21,22,23,24). The van der Waals surface area contributed by atoms with Crippen molar-refractivity contribution >= 4 is 38.3 Å². The molecule has 0 amide bonds.